The number of benzene rings is 1. The van der Waals surface area contributed by atoms with Gasteiger partial charge in [0.15, 0.2) is 9.84 Å². The topological polar surface area (TPSA) is 77.4 Å². The van der Waals surface area contributed by atoms with Crippen molar-refractivity contribution in [3.8, 4) is 11.4 Å². The molecule has 1 aliphatic heterocycles. The summed E-state index contributed by atoms with van der Waals surface area (Å²) in [6.07, 6.45) is 3.10. The molecule has 0 bridgehead atoms. The third kappa shape index (κ3) is 3.86. The smallest absolute Gasteiger partial charge is 0.410 e. The minimum Gasteiger partial charge on any atom is -0.410 e. The van der Waals surface area contributed by atoms with Crippen LogP contribution in [0.15, 0.2) is 48.8 Å². The fourth-order valence-corrected chi connectivity index (χ4v) is 4.97. The van der Waals surface area contributed by atoms with Gasteiger partial charge in [-0.05, 0) is 36.4 Å². The minimum absolute atomic E-state index is 0.134. The maximum Gasteiger partial charge on any atom is 0.412 e. The molecule has 23 heavy (non-hydrogen) atoms. The number of rotatable bonds is 3. The molecule has 2 atom stereocenters. The number of nitrogens with one attached hydrogen (secondary N) is 1. The van der Waals surface area contributed by atoms with Gasteiger partial charge in [0, 0.05) is 18.1 Å². The molecule has 122 valence electrons. The van der Waals surface area contributed by atoms with Crippen molar-refractivity contribution in [1.29, 1.82) is 0 Å². The molecule has 1 saturated heterocycles. The number of nitrogens with zero attached hydrogens (tertiary/aromatic N) is 1. The number of hydrogen-bond acceptors (Lipinski definition) is 4. The van der Waals surface area contributed by atoms with Crippen molar-refractivity contribution in [2.24, 2.45) is 0 Å². The van der Waals surface area contributed by atoms with Gasteiger partial charge in [0.2, 0.25) is 0 Å². The normalized spacial score (nSPS) is 22.7. The van der Waals surface area contributed by atoms with E-state index in [-0.39, 0.29) is 11.5 Å². The van der Waals surface area contributed by atoms with Crippen LogP contribution in [0, 0.1) is 0 Å². The predicted molar refractivity (Wildman–Crippen MR) is 87.0 cm³/mol. The van der Waals surface area contributed by atoms with Crippen LogP contribution in [0.5, 0.6) is 5.75 Å². The first kappa shape index (κ1) is 15.9. The van der Waals surface area contributed by atoms with Crippen LogP contribution in [0.25, 0.3) is 5.69 Å². The van der Waals surface area contributed by atoms with Crippen LogP contribution in [0.4, 0.5) is 4.79 Å². The Kier molecular flexibility index (Phi) is 4.32. The Hall–Kier alpha value is -1.99. The van der Waals surface area contributed by atoms with Gasteiger partial charge >= 0.3 is 6.09 Å². The molecule has 1 amide bonds. The molecule has 3 rings (SSSR count). The van der Waals surface area contributed by atoms with Gasteiger partial charge in [-0.3, -0.25) is 0 Å². The fourth-order valence-electron chi connectivity index (χ4n) is 2.42. The Bertz CT molecular complexity index is 787. The lowest BCUT2D eigenvalue weighted by atomic mass is 10.2. The molecule has 0 spiro atoms. The summed E-state index contributed by atoms with van der Waals surface area (Å²) in [5.74, 6) is 0.0684. The molecule has 0 unspecified atom stereocenters. The zero-order valence-corrected chi connectivity index (χ0v) is 13.6. The van der Waals surface area contributed by atoms with Crippen LogP contribution in [0.3, 0.4) is 0 Å². The molecule has 1 fully saturated rings. The van der Waals surface area contributed by atoms with Crippen molar-refractivity contribution in [1.82, 2.24) is 9.88 Å². The second kappa shape index (κ2) is 6.25. The molecule has 6 nitrogen and oxygen atoms in total. The zero-order chi connectivity index (χ0) is 16.4. The summed E-state index contributed by atoms with van der Waals surface area (Å²) in [5.41, 5.74) is 0.936. The highest BCUT2D eigenvalue weighted by Crippen LogP contribution is 2.19. The van der Waals surface area contributed by atoms with Crippen molar-refractivity contribution < 1.29 is 17.9 Å². The van der Waals surface area contributed by atoms with Crippen LogP contribution >= 0.6 is 11.6 Å². The largest absolute Gasteiger partial charge is 0.412 e. The Morgan fingerprint density at radius 1 is 1.17 bits per heavy atom. The van der Waals surface area contributed by atoms with Gasteiger partial charge in [-0.1, -0.05) is 0 Å². The summed E-state index contributed by atoms with van der Waals surface area (Å²) in [4.78, 5) is 11.8. The van der Waals surface area contributed by atoms with Gasteiger partial charge in [-0.2, -0.15) is 0 Å². The van der Waals surface area contributed by atoms with Gasteiger partial charge in [0.25, 0.3) is 0 Å². The molecule has 1 aromatic heterocycles. The predicted octanol–water partition coefficient (Wildman–Crippen LogP) is 1.97. The first-order valence-corrected chi connectivity index (χ1v) is 9.25. The Balaban J connectivity index is 1.60. The molecule has 0 aliphatic carbocycles. The first-order chi connectivity index (χ1) is 10.9. The third-order valence-corrected chi connectivity index (χ3v) is 5.91. The maximum absolute atomic E-state index is 11.8. The lowest BCUT2D eigenvalue weighted by Gasteiger charge is -2.14. The highest BCUT2D eigenvalue weighted by molar-refractivity contribution is 7.91. The number of aromatic nitrogens is 1. The Labute approximate surface area is 138 Å². The van der Waals surface area contributed by atoms with Crippen molar-refractivity contribution in [2.75, 3.05) is 11.5 Å². The molecule has 1 aromatic carbocycles. The van der Waals surface area contributed by atoms with Gasteiger partial charge in [0.05, 0.1) is 22.9 Å². The number of hydrogen-bond donors (Lipinski definition) is 1. The summed E-state index contributed by atoms with van der Waals surface area (Å²) < 4.78 is 30.0. The second-order valence-corrected chi connectivity index (χ2v) is 8.03. The van der Waals surface area contributed by atoms with Crippen LogP contribution in [-0.4, -0.2) is 42.0 Å². The van der Waals surface area contributed by atoms with Gasteiger partial charge < -0.3 is 14.6 Å². The van der Waals surface area contributed by atoms with Crippen LogP contribution in [0.2, 0.25) is 0 Å². The van der Waals surface area contributed by atoms with Gasteiger partial charge in [0.1, 0.15) is 5.75 Å². The van der Waals surface area contributed by atoms with E-state index < -0.39 is 27.3 Å². The number of sulfone groups is 1. The summed E-state index contributed by atoms with van der Waals surface area (Å²) in [5, 5.41) is 1.86. The summed E-state index contributed by atoms with van der Waals surface area (Å²) in [6.45, 7) is 0. The number of carbonyl (C=O) groups is 1. The van der Waals surface area contributed by atoms with Crippen LogP contribution in [0.1, 0.15) is 0 Å². The van der Waals surface area contributed by atoms with E-state index in [0.717, 1.165) is 5.69 Å². The highest BCUT2D eigenvalue weighted by atomic mass is 35.5. The molecule has 2 aromatic rings. The number of amides is 1. The maximum atomic E-state index is 11.8. The second-order valence-electron chi connectivity index (χ2n) is 5.32. The van der Waals surface area contributed by atoms with E-state index in [2.05, 4.69) is 5.32 Å². The van der Waals surface area contributed by atoms with Crippen molar-refractivity contribution in [2.45, 2.75) is 11.4 Å². The monoisotopic (exact) mass is 354 g/mol. The lowest BCUT2D eigenvalue weighted by molar-refractivity contribution is 0.197. The quantitative estimate of drug-likeness (QED) is 0.855. The molecule has 0 saturated carbocycles. The SMILES string of the molecule is O=C(N[C@@H]1CS(=O)(=O)C[C@H]1Cl)Oc1ccc(-n2cccc2)cc1. The minimum atomic E-state index is -3.20. The first-order valence-electron chi connectivity index (χ1n) is 6.99. The highest BCUT2D eigenvalue weighted by Gasteiger charge is 2.37. The van der Waals surface area contributed by atoms with Crippen LogP contribution in [-0.2, 0) is 9.84 Å². The van der Waals surface area contributed by atoms with E-state index in [1.165, 1.54) is 0 Å². The number of carbonyl (C=O) groups excluding carboxylic acids is 1. The third-order valence-electron chi connectivity index (χ3n) is 3.54. The number of alkyl halides is 1. The van der Waals surface area contributed by atoms with E-state index >= 15 is 0 Å². The molecule has 1 aliphatic rings. The molecule has 8 heteroatoms. The fraction of sp³-hybridized carbons (Fsp3) is 0.267. The lowest BCUT2D eigenvalue weighted by Crippen LogP contribution is -2.42. The molecule has 0 radical (unpaired) electrons. The summed E-state index contributed by atoms with van der Waals surface area (Å²) >= 11 is 5.94. The van der Waals surface area contributed by atoms with E-state index in [9.17, 15) is 13.2 Å². The van der Waals surface area contributed by atoms with E-state index in [0.29, 0.717) is 5.75 Å². The molecular formula is C15H15ClN2O4S. The zero-order valence-electron chi connectivity index (χ0n) is 12.1. The van der Waals surface area contributed by atoms with E-state index in [1.54, 1.807) is 12.1 Å². The van der Waals surface area contributed by atoms with Crippen LogP contribution < -0.4 is 10.1 Å². The Morgan fingerprint density at radius 2 is 1.83 bits per heavy atom. The summed E-state index contributed by atoms with van der Waals surface area (Å²) in [7, 11) is -3.20. The average Bonchev–Trinajstić information content (AvgIpc) is 3.08. The van der Waals surface area contributed by atoms with Crippen molar-refractivity contribution in [3.63, 3.8) is 0 Å². The molecule has 1 N–H and O–H groups in total. The van der Waals surface area contributed by atoms with E-state index in [1.807, 2.05) is 41.2 Å². The van der Waals surface area contributed by atoms with Gasteiger partial charge in [-0.15, -0.1) is 11.6 Å². The van der Waals surface area contributed by atoms with E-state index in [4.69, 9.17) is 16.3 Å². The average molecular weight is 355 g/mol. The summed E-state index contributed by atoms with van der Waals surface area (Å²) in [6, 6.07) is 10.1. The molecule has 2 heterocycles. The van der Waals surface area contributed by atoms with Crippen molar-refractivity contribution in [3.05, 3.63) is 48.8 Å². The van der Waals surface area contributed by atoms with Gasteiger partial charge in [-0.25, -0.2) is 13.2 Å². The molecular weight excluding hydrogens is 340 g/mol. The Morgan fingerprint density at radius 3 is 2.39 bits per heavy atom. The van der Waals surface area contributed by atoms with Crippen molar-refractivity contribution >= 4 is 27.5 Å². The number of ether oxygens (including phenoxy) is 1. The number of halogens is 1. The standard InChI is InChI=1S/C15H15ClN2O4S/c16-13-9-23(20,21)10-14(13)17-15(19)22-12-5-3-11(4-6-12)18-7-1-2-8-18/h1-8,13-14H,9-10H2,(H,17,19)/t13-,14-/m1/s1.